The summed E-state index contributed by atoms with van der Waals surface area (Å²) in [6.07, 6.45) is 2.12. The lowest BCUT2D eigenvalue weighted by molar-refractivity contribution is 1.14. The molecule has 4 aromatic carbocycles. The van der Waals surface area contributed by atoms with Crippen LogP contribution in [-0.4, -0.2) is 4.98 Å². The molecule has 0 amide bonds. The van der Waals surface area contributed by atoms with E-state index < -0.39 is 0 Å². The van der Waals surface area contributed by atoms with Crippen LogP contribution < -0.4 is 0 Å². The van der Waals surface area contributed by atoms with Crippen molar-refractivity contribution >= 4 is 53.3 Å². The van der Waals surface area contributed by atoms with Crippen molar-refractivity contribution in [2.24, 2.45) is 0 Å². The van der Waals surface area contributed by atoms with Crippen LogP contribution in [0.1, 0.15) is 25.0 Å². The Kier molecular flexibility index (Phi) is 3.97. The fraction of sp³-hybridized carbons (Fsp3) is 0.143. The van der Waals surface area contributed by atoms with Gasteiger partial charge in [-0.3, -0.25) is 0 Å². The van der Waals surface area contributed by atoms with Gasteiger partial charge in [-0.2, -0.15) is 0 Å². The maximum atomic E-state index is 3.55. The van der Waals surface area contributed by atoms with Gasteiger partial charge in [0.15, 0.2) is 0 Å². The molecule has 30 heavy (non-hydrogen) atoms. The van der Waals surface area contributed by atoms with E-state index in [4.69, 9.17) is 0 Å². The van der Waals surface area contributed by atoms with Gasteiger partial charge < -0.3 is 4.98 Å². The lowest BCUT2D eigenvalue weighted by Gasteiger charge is -2.08. The van der Waals surface area contributed by atoms with Gasteiger partial charge in [0, 0.05) is 42.0 Å². The van der Waals surface area contributed by atoms with Gasteiger partial charge in [0.25, 0.3) is 0 Å². The van der Waals surface area contributed by atoms with Crippen molar-refractivity contribution in [3.05, 3.63) is 83.9 Å². The molecule has 0 aliphatic carbocycles. The third-order valence-electron chi connectivity index (χ3n) is 6.33. The molecule has 6 rings (SSSR count). The summed E-state index contributed by atoms with van der Waals surface area (Å²) in [6.45, 7) is 4.48. The fourth-order valence-corrected chi connectivity index (χ4v) is 5.84. The van der Waals surface area contributed by atoms with E-state index >= 15 is 0 Å². The van der Waals surface area contributed by atoms with Gasteiger partial charge in [0.2, 0.25) is 0 Å². The summed E-state index contributed by atoms with van der Waals surface area (Å²) >= 11 is 1.92. The molecular weight excluding hydrogens is 382 g/mol. The molecule has 0 aliphatic rings. The summed E-state index contributed by atoms with van der Waals surface area (Å²) in [4.78, 5) is 3.55. The molecule has 0 radical (unpaired) electrons. The largest absolute Gasteiger partial charge is 0.355 e. The Hall–Kier alpha value is -3.10. The SMILES string of the molecule is CCc1ccc2sc3c(-c4ccc5[nH]c6ccccc6c5c4)cc(CC)cc3c2c1. The Bertz CT molecular complexity index is 1560. The van der Waals surface area contributed by atoms with Gasteiger partial charge in [-0.1, -0.05) is 44.2 Å². The van der Waals surface area contributed by atoms with Crippen LogP contribution in [0.5, 0.6) is 0 Å². The minimum atomic E-state index is 1.04. The van der Waals surface area contributed by atoms with Crippen molar-refractivity contribution in [2.75, 3.05) is 0 Å². The van der Waals surface area contributed by atoms with Gasteiger partial charge in [0.1, 0.15) is 0 Å². The van der Waals surface area contributed by atoms with E-state index in [0.717, 1.165) is 12.8 Å². The maximum Gasteiger partial charge on any atom is 0.0465 e. The number of para-hydroxylation sites is 1. The molecule has 0 bridgehead atoms. The number of hydrogen-bond donors (Lipinski definition) is 1. The summed E-state index contributed by atoms with van der Waals surface area (Å²) in [5, 5.41) is 5.39. The highest BCUT2D eigenvalue weighted by Gasteiger charge is 2.14. The van der Waals surface area contributed by atoms with Gasteiger partial charge in [-0.05, 0) is 77.6 Å². The topological polar surface area (TPSA) is 15.8 Å². The second-order valence-electron chi connectivity index (χ2n) is 8.09. The van der Waals surface area contributed by atoms with Crippen molar-refractivity contribution < 1.29 is 0 Å². The van der Waals surface area contributed by atoms with Crippen molar-refractivity contribution in [3.63, 3.8) is 0 Å². The predicted molar refractivity (Wildman–Crippen MR) is 133 cm³/mol. The minimum Gasteiger partial charge on any atom is -0.355 e. The van der Waals surface area contributed by atoms with E-state index in [1.807, 2.05) is 11.3 Å². The van der Waals surface area contributed by atoms with E-state index in [-0.39, 0.29) is 0 Å². The van der Waals surface area contributed by atoms with Crippen LogP contribution in [0.15, 0.2) is 72.8 Å². The summed E-state index contributed by atoms with van der Waals surface area (Å²) < 4.78 is 2.78. The first-order valence-corrected chi connectivity index (χ1v) is 11.6. The molecule has 0 saturated carbocycles. The number of aromatic amines is 1. The van der Waals surface area contributed by atoms with Gasteiger partial charge in [-0.15, -0.1) is 11.3 Å². The molecule has 0 atom stereocenters. The Morgan fingerprint density at radius 3 is 2.33 bits per heavy atom. The lowest BCUT2D eigenvalue weighted by Crippen LogP contribution is -1.85. The van der Waals surface area contributed by atoms with Crippen LogP contribution in [0.4, 0.5) is 0 Å². The second kappa shape index (κ2) is 6.72. The highest BCUT2D eigenvalue weighted by Crippen LogP contribution is 2.42. The summed E-state index contributed by atoms with van der Waals surface area (Å²) in [5.74, 6) is 0. The van der Waals surface area contributed by atoms with Crippen LogP contribution >= 0.6 is 11.3 Å². The molecule has 0 unspecified atom stereocenters. The Morgan fingerprint density at radius 1 is 0.667 bits per heavy atom. The van der Waals surface area contributed by atoms with Crippen LogP contribution in [-0.2, 0) is 12.8 Å². The minimum absolute atomic E-state index is 1.04. The molecule has 1 nitrogen and oxygen atoms in total. The number of rotatable bonds is 3. The zero-order valence-electron chi connectivity index (χ0n) is 17.3. The van der Waals surface area contributed by atoms with Crippen LogP contribution in [0.3, 0.4) is 0 Å². The molecule has 2 aromatic heterocycles. The van der Waals surface area contributed by atoms with Crippen molar-refractivity contribution in [1.29, 1.82) is 0 Å². The number of aryl methyl sites for hydroxylation is 2. The normalized spacial score (nSPS) is 11.9. The number of H-pyrrole nitrogens is 1. The molecule has 0 fully saturated rings. The predicted octanol–water partition coefficient (Wildman–Crippen LogP) is 8.48. The Morgan fingerprint density at radius 2 is 1.47 bits per heavy atom. The molecule has 2 heterocycles. The first-order valence-electron chi connectivity index (χ1n) is 10.7. The van der Waals surface area contributed by atoms with E-state index in [9.17, 15) is 0 Å². The number of hydrogen-bond acceptors (Lipinski definition) is 1. The molecule has 2 heteroatoms. The zero-order chi connectivity index (χ0) is 20.2. The molecule has 146 valence electrons. The lowest BCUT2D eigenvalue weighted by atomic mass is 9.97. The highest BCUT2D eigenvalue weighted by molar-refractivity contribution is 7.26. The van der Waals surface area contributed by atoms with Gasteiger partial charge in [0.05, 0.1) is 0 Å². The molecule has 0 aliphatic heterocycles. The first-order chi connectivity index (χ1) is 14.7. The number of aromatic nitrogens is 1. The Balaban J connectivity index is 1.67. The summed E-state index contributed by atoms with van der Waals surface area (Å²) in [7, 11) is 0. The maximum absolute atomic E-state index is 3.55. The molecule has 1 N–H and O–H groups in total. The molecule has 0 saturated heterocycles. The number of benzene rings is 4. The first kappa shape index (κ1) is 17.7. The van der Waals surface area contributed by atoms with E-state index in [1.54, 1.807) is 0 Å². The average molecular weight is 406 g/mol. The summed E-state index contributed by atoms with van der Waals surface area (Å²) in [6, 6.07) is 27.2. The standard InChI is InChI=1S/C28H23NS/c1-3-17-9-12-27-23(13-17)24-15-18(4-2)14-21(28(24)30-27)19-10-11-26-22(16-19)20-7-5-6-8-25(20)29-26/h5-16,29H,3-4H2,1-2H3. The van der Waals surface area contributed by atoms with E-state index in [2.05, 4.69) is 91.6 Å². The third-order valence-corrected chi connectivity index (χ3v) is 7.55. The number of nitrogens with one attached hydrogen (secondary N) is 1. The molecular formula is C28H23NS. The third kappa shape index (κ3) is 2.60. The highest BCUT2D eigenvalue weighted by atomic mass is 32.1. The molecule has 6 aromatic rings. The van der Waals surface area contributed by atoms with Crippen molar-refractivity contribution in [1.82, 2.24) is 4.98 Å². The Labute approximate surface area is 180 Å². The van der Waals surface area contributed by atoms with Gasteiger partial charge in [-0.25, -0.2) is 0 Å². The second-order valence-corrected chi connectivity index (χ2v) is 9.14. The smallest absolute Gasteiger partial charge is 0.0465 e. The number of fused-ring (bicyclic) bond motifs is 6. The zero-order valence-corrected chi connectivity index (χ0v) is 18.1. The quantitative estimate of drug-likeness (QED) is 0.304. The van der Waals surface area contributed by atoms with Crippen molar-refractivity contribution in [3.8, 4) is 11.1 Å². The average Bonchev–Trinajstić information content (AvgIpc) is 3.35. The summed E-state index contributed by atoms with van der Waals surface area (Å²) in [5.41, 5.74) is 7.87. The monoisotopic (exact) mass is 405 g/mol. The van der Waals surface area contributed by atoms with E-state index in [0.29, 0.717) is 0 Å². The van der Waals surface area contributed by atoms with Crippen molar-refractivity contribution in [2.45, 2.75) is 26.7 Å². The van der Waals surface area contributed by atoms with Crippen LogP contribution in [0, 0.1) is 0 Å². The fourth-order valence-electron chi connectivity index (χ4n) is 4.64. The van der Waals surface area contributed by atoms with E-state index in [1.165, 1.54) is 64.2 Å². The van der Waals surface area contributed by atoms with Crippen LogP contribution in [0.25, 0.3) is 53.1 Å². The van der Waals surface area contributed by atoms with Gasteiger partial charge >= 0.3 is 0 Å². The number of thiophene rings is 1. The van der Waals surface area contributed by atoms with Crippen LogP contribution in [0.2, 0.25) is 0 Å². The molecule has 0 spiro atoms.